The highest BCUT2D eigenvalue weighted by Crippen LogP contribution is 2.24. The Hall–Kier alpha value is -0.900. The minimum Gasteiger partial charge on any atom is -0.395 e. The molecular formula is C15H25NO2. The second-order valence-corrected chi connectivity index (χ2v) is 5.63. The molecule has 0 bridgehead atoms. The summed E-state index contributed by atoms with van der Waals surface area (Å²) >= 11 is 0. The number of aliphatic hydroxyl groups excluding tert-OH is 2. The van der Waals surface area contributed by atoms with E-state index in [9.17, 15) is 0 Å². The third-order valence-electron chi connectivity index (χ3n) is 3.56. The Morgan fingerprint density at radius 2 is 1.72 bits per heavy atom. The summed E-state index contributed by atoms with van der Waals surface area (Å²) < 4.78 is 0. The fourth-order valence-corrected chi connectivity index (χ4v) is 1.85. The van der Waals surface area contributed by atoms with Gasteiger partial charge in [-0.05, 0) is 30.5 Å². The van der Waals surface area contributed by atoms with Crippen LogP contribution in [0.25, 0.3) is 0 Å². The molecule has 0 aromatic heterocycles. The highest BCUT2D eigenvalue weighted by molar-refractivity contribution is 5.34. The molecule has 18 heavy (non-hydrogen) atoms. The van der Waals surface area contributed by atoms with Gasteiger partial charge >= 0.3 is 0 Å². The molecule has 0 atom stereocenters. The third-order valence-corrected chi connectivity index (χ3v) is 3.56. The Bertz CT molecular complexity index is 384. The quantitative estimate of drug-likeness (QED) is 0.718. The summed E-state index contributed by atoms with van der Waals surface area (Å²) in [5.74, 6) is 0. The lowest BCUT2D eigenvalue weighted by Crippen LogP contribution is -2.43. The Kier molecular flexibility index (Phi) is 5.32. The zero-order chi connectivity index (χ0) is 13.8. The van der Waals surface area contributed by atoms with Crippen molar-refractivity contribution < 1.29 is 10.2 Å². The van der Waals surface area contributed by atoms with Crippen molar-refractivity contribution >= 4 is 0 Å². The van der Waals surface area contributed by atoms with E-state index in [1.807, 2.05) is 0 Å². The standard InChI is InChI=1S/C15H25NO2/c1-11-5-6-13(7-12(11)2)15(3,4)10-16-14(8-17)9-18/h5-7,14,16-18H,8-10H2,1-4H3. The van der Waals surface area contributed by atoms with Gasteiger partial charge in [0.05, 0.1) is 19.3 Å². The van der Waals surface area contributed by atoms with Gasteiger partial charge in [-0.15, -0.1) is 0 Å². The molecule has 0 heterocycles. The van der Waals surface area contributed by atoms with Crippen LogP contribution in [0.15, 0.2) is 18.2 Å². The van der Waals surface area contributed by atoms with Gasteiger partial charge in [-0.3, -0.25) is 0 Å². The predicted molar refractivity (Wildman–Crippen MR) is 74.9 cm³/mol. The van der Waals surface area contributed by atoms with Crippen molar-refractivity contribution in [3.63, 3.8) is 0 Å². The van der Waals surface area contributed by atoms with Crippen LogP contribution < -0.4 is 5.32 Å². The zero-order valence-electron chi connectivity index (χ0n) is 11.8. The number of nitrogens with one attached hydrogen (secondary N) is 1. The summed E-state index contributed by atoms with van der Waals surface area (Å²) in [5, 5.41) is 21.3. The van der Waals surface area contributed by atoms with Crippen molar-refractivity contribution in [2.24, 2.45) is 0 Å². The van der Waals surface area contributed by atoms with E-state index in [0.29, 0.717) is 0 Å². The molecule has 1 aromatic carbocycles. The zero-order valence-corrected chi connectivity index (χ0v) is 11.8. The largest absolute Gasteiger partial charge is 0.395 e. The molecule has 0 saturated carbocycles. The summed E-state index contributed by atoms with van der Waals surface area (Å²) in [6.07, 6.45) is 0. The highest BCUT2D eigenvalue weighted by Gasteiger charge is 2.22. The maximum atomic E-state index is 9.05. The second-order valence-electron chi connectivity index (χ2n) is 5.63. The van der Waals surface area contributed by atoms with Gasteiger partial charge < -0.3 is 15.5 Å². The minimum atomic E-state index is -0.240. The molecule has 1 aromatic rings. The van der Waals surface area contributed by atoms with E-state index in [1.165, 1.54) is 16.7 Å². The molecule has 3 N–H and O–H groups in total. The van der Waals surface area contributed by atoms with Crippen LogP contribution in [0.1, 0.15) is 30.5 Å². The molecule has 0 saturated heterocycles. The molecule has 0 aliphatic carbocycles. The van der Waals surface area contributed by atoms with E-state index in [2.05, 4.69) is 51.2 Å². The number of benzene rings is 1. The fourth-order valence-electron chi connectivity index (χ4n) is 1.85. The molecule has 0 unspecified atom stereocenters. The van der Waals surface area contributed by atoms with Gasteiger partial charge in [0.2, 0.25) is 0 Å². The van der Waals surface area contributed by atoms with Gasteiger partial charge in [0.15, 0.2) is 0 Å². The number of aryl methyl sites for hydroxylation is 2. The molecule has 102 valence electrons. The first kappa shape index (κ1) is 15.2. The predicted octanol–water partition coefficient (Wildman–Crippen LogP) is 1.52. The van der Waals surface area contributed by atoms with Crippen LogP contribution in [0, 0.1) is 13.8 Å². The maximum Gasteiger partial charge on any atom is 0.0607 e. The first-order chi connectivity index (χ1) is 8.40. The first-order valence-electron chi connectivity index (χ1n) is 6.43. The van der Waals surface area contributed by atoms with Crippen molar-refractivity contribution in [3.05, 3.63) is 34.9 Å². The topological polar surface area (TPSA) is 52.5 Å². The minimum absolute atomic E-state index is 0.0267. The summed E-state index contributed by atoms with van der Waals surface area (Å²) in [6.45, 7) is 9.19. The van der Waals surface area contributed by atoms with E-state index < -0.39 is 0 Å². The number of hydrogen-bond donors (Lipinski definition) is 3. The summed E-state index contributed by atoms with van der Waals surface area (Å²) in [7, 11) is 0. The van der Waals surface area contributed by atoms with Gasteiger partial charge in [0, 0.05) is 12.0 Å². The van der Waals surface area contributed by atoms with E-state index in [1.54, 1.807) is 0 Å². The molecule has 3 heteroatoms. The van der Waals surface area contributed by atoms with Gasteiger partial charge in [-0.2, -0.15) is 0 Å². The van der Waals surface area contributed by atoms with E-state index >= 15 is 0 Å². The van der Waals surface area contributed by atoms with Crippen molar-refractivity contribution in [1.82, 2.24) is 5.32 Å². The molecule has 1 rings (SSSR count). The average molecular weight is 251 g/mol. The lowest BCUT2D eigenvalue weighted by Gasteiger charge is -2.28. The Morgan fingerprint density at radius 3 is 2.22 bits per heavy atom. The molecule has 0 aliphatic heterocycles. The van der Waals surface area contributed by atoms with Crippen molar-refractivity contribution in [2.75, 3.05) is 19.8 Å². The van der Waals surface area contributed by atoms with Crippen LogP contribution >= 0.6 is 0 Å². The van der Waals surface area contributed by atoms with Gasteiger partial charge in [0.1, 0.15) is 0 Å². The molecule has 0 spiro atoms. The Balaban J connectivity index is 2.75. The van der Waals surface area contributed by atoms with Crippen LogP contribution in [-0.4, -0.2) is 36.0 Å². The van der Waals surface area contributed by atoms with Crippen LogP contribution in [0.2, 0.25) is 0 Å². The normalized spacial score (nSPS) is 12.2. The summed E-state index contributed by atoms with van der Waals surface area (Å²) in [4.78, 5) is 0. The summed E-state index contributed by atoms with van der Waals surface area (Å²) in [5.41, 5.74) is 3.83. The molecule has 3 nitrogen and oxygen atoms in total. The molecule has 0 radical (unpaired) electrons. The molecule has 0 aliphatic rings. The monoisotopic (exact) mass is 251 g/mol. The fraction of sp³-hybridized carbons (Fsp3) is 0.600. The van der Waals surface area contributed by atoms with Crippen molar-refractivity contribution in [2.45, 2.75) is 39.2 Å². The van der Waals surface area contributed by atoms with Crippen LogP contribution in [-0.2, 0) is 5.41 Å². The lowest BCUT2D eigenvalue weighted by atomic mass is 9.83. The third kappa shape index (κ3) is 3.80. The Morgan fingerprint density at radius 1 is 1.11 bits per heavy atom. The van der Waals surface area contributed by atoms with Gasteiger partial charge in [0.25, 0.3) is 0 Å². The van der Waals surface area contributed by atoms with E-state index in [0.717, 1.165) is 6.54 Å². The summed E-state index contributed by atoms with van der Waals surface area (Å²) in [6, 6.07) is 6.26. The molecule has 0 fully saturated rings. The first-order valence-corrected chi connectivity index (χ1v) is 6.43. The van der Waals surface area contributed by atoms with Crippen LogP contribution in [0.4, 0.5) is 0 Å². The second kappa shape index (κ2) is 6.32. The highest BCUT2D eigenvalue weighted by atomic mass is 16.3. The van der Waals surface area contributed by atoms with Gasteiger partial charge in [-0.25, -0.2) is 0 Å². The van der Waals surface area contributed by atoms with Crippen molar-refractivity contribution in [3.8, 4) is 0 Å². The lowest BCUT2D eigenvalue weighted by molar-refractivity contribution is 0.166. The maximum absolute atomic E-state index is 9.05. The van der Waals surface area contributed by atoms with Crippen molar-refractivity contribution in [1.29, 1.82) is 0 Å². The SMILES string of the molecule is Cc1ccc(C(C)(C)CNC(CO)CO)cc1C. The molecular weight excluding hydrogens is 226 g/mol. The van der Waals surface area contributed by atoms with E-state index in [4.69, 9.17) is 10.2 Å². The number of hydrogen-bond acceptors (Lipinski definition) is 3. The van der Waals surface area contributed by atoms with Crippen LogP contribution in [0.5, 0.6) is 0 Å². The van der Waals surface area contributed by atoms with Crippen LogP contribution in [0.3, 0.4) is 0 Å². The smallest absolute Gasteiger partial charge is 0.0607 e. The number of rotatable bonds is 6. The number of aliphatic hydroxyl groups is 2. The molecule has 0 amide bonds. The average Bonchev–Trinajstić information content (AvgIpc) is 2.33. The Labute approximate surface area is 110 Å². The van der Waals surface area contributed by atoms with E-state index in [-0.39, 0.29) is 24.7 Å². The van der Waals surface area contributed by atoms with Gasteiger partial charge in [-0.1, -0.05) is 32.0 Å².